The van der Waals surface area contributed by atoms with Crippen molar-refractivity contribution in [3.63, 3.8) is 0 Å². The van der Waals surface area contributed by atoms with Crippen LogP contribution in [0.3, 0.4) is 0 Å². The summed E-state index contributed by atoms with van der Waals surface area (Å²) < 4.78 is 19.3. The van der Waals surface area contributed by atoms with Crippen LogP contribution in [0.4, 0.5) is 17.1 Å². The molecule has 11 rings (SSSR count). The Balaban J connectivity index is 1.03. The minimum Gasteiger partial charge on any atom is -0.456 e. The lowest BCUT2D eigenvalue weighted by atomic mass is 9.99. The van der Waals surface area contributed by atoms with Crippen molar-refractivity contribution in [2.75, 3.05) is 4.90 Å². The molecule has 0 fully saturated rings. The first-order valence-electron chi connectivity index (χ1n) is 17.5. The molecule has 10 aromatic rings. The Hall–Kier alpha value is -7.04. The molecule has 0 saturated carbocycles. The molecular formula is C48H29NO3. The molecule has 244 valence electrons. The van der Waals surface area contributed by atoms with Gasteiger partial charge >= 0.3 is 0 Å². The van der Waals surface area contributed by atoms with E-state index in [1.165, 1.54) is 11.1 Å². The van der Waals surface area contributed by atoms with Gasteiger partial charge in [0.15, 0.2) is 11.5 Å². The molecule has 0 radical (unpaired) electrons. The first-order chi connectivity index (χ1) is 25.7. The van der Waals surface area contributed by atoms with Crippen LogP contribution in [-0.4, -0.2) is 0 Å². The smallest absolute Gasteiger partial charge is 0.152 e. The summed E-state index contributed by atoms with van der Waals surface area (Å²) in [6, 6.07) is 61.4. The molecule has 0 amide bonds. The Morgan fingerprint density at radius 3 is 1.29 bits per heavy atom. The maximum atomic E-state index is 6.83. The number of nitrogens with zero attached hydrogens (tertiary/aromatic N) is 1. The highest BCUT2D eigenvalue weighted by Crippen LogP contribution is 2.52. The van der Waals surface area contributed by atoms with E-state index < -0.39 is 0 Å². The summed E-state index contributed by atoms with van der Waals surface area (Å²) in [4.78, 5) is 2.29. The Kier molecular flexibility index (Phi) is 6.22. The standard InChI is InChI=1S/C48H29NO3/c1-2-8-30(9-3-1)31-14-20-36(21-15-31)49-41-24-18-34(32-16-22-39-37-10-4-6-12-43(37)50-45(39)26-32)28-47(41)52-48-29-35(19-25-42(48)49)33-17-23-40-38-11-5-7-13-44(38)51-46(40)27-33/h1-29H. The van der Waals surface area contributed by atoms with E-state index in [-0.39, 0.29) is 0 Å². The van der Waals surface area contributed by atoms with E-state index in [0.717, 1.165) is 94.7 Å². The zero-order valence-electron chi connectivity index (χ0n) is 27.9. The van der Waals surface area contributed by atoms with Crippen molar-refractivity contribution >= 4 is 60.9 Å². The number of rotatable bonds is 4. The SMILES string of the molecule is c1ccc(-c2ccc(N3c4ccc(-c5ccc6c(c5)oc5ccccc56)cc4Oc4cc(-c5ccc6c(c5)oc5ccccc56)ccc43)cc2)cc1. The molecule has 8 aromatic carbocycles. The van der Waals surface area contributed by atoms with Crippen LogP contribution in [0.2, 0.25) is 0 Å². The lowest BCUT2D eigenvalue weighted by Gasteiger charge is -2.33. The molecule has 0 aliphatic carbocycles. The van der Waals surface area contributed by atoms with E-state index in [0.29, 0.717) is 0 Å². The summed E-state index contributed by atoms with van der Waals surface area (Å²) in [5.74, 6) is 1.57. The number of ether oxygens (including phenoxy) is 1. The Morgan fingerprint density at radius 2 is 0.731 bits per heavy atom. The van der Waals surface area contributed by atoms with Crippen molar-refractivity contribution in [3.8, 4) is 44.9 Å². The maximum absolute atomic E-state index is 6.83. The van der Waals surface area contributed by atoms with E-state index in [9.17, 15) is 0 Å². The van der Waals surface area contributed by atoms with E-state index in [1.807, 2.05) is 42.5 Å². The van der Waals surface area contributed by atoms with Crippen LogP contribution in [0, 0.1) is 0 Å². The molecule has 4 nitrogen and oxygen atoms in total. The van der Waals surface area contributed by atoms with Gasteiger partial charge in [0.25, 0.3) is 0 Å². The number of anilines is 3. The van der Waals surface area contributed by atoms with E-state index in [2.05, 4.69) is 138 Å². The second-order valence-electron chi connectivity index (χ2n) is 13.3. The third-order valence-corrected chi connectivity index (χ3v) is 10.3. The third-order valence-electron chi connectivity index (χ3n) is 10.3. The van der Waals surface area contributed by atoms with Crippen LogP contribution >= 0.6 is 0 Å². The highest BCUT2D eigenvalue weighted by Gasteiger charge is 2.27. The minimum absolute atomic E-state index is 0.784. The number of hydrogen-bond acceptors (Lipinski definition) is 4. The van der Waals surface area contributed by atoms with Gasteiger partial charge in [0, 0.05) is 27.2 Å². The van der Waals surface area contributed by atoms with Crippen molar-refractivity contribution in [1.29, 1.82) is 0 Å². The molecule has 2 aromatic heterocycles. The van der Waals surface area contributed by atoms with Gasteiger partial charge < -0.3 is 18.5 Å². The van der Waals surface area contributed by atoms with Crippen LogP contribution < -0.4 is 9.64 Å². The van der Waals surface area contributed by atoms with E-state index in [4.69, 9.17) is 13.6 Å². The van der Waals surface area contributed by atoms with Crippen molar-refractivity contribution in [2.24, 2.45) is 0 Å². The molecule has 0 N–H and O–H groups in total. The molecule has 1 aliphatic rings. The number of hydrogen-bond donors (Lipinski definition) is 0. The quantitative estimate of drug-likeness (QED) is 0.187. The van der Waals surface area contributed by atoms with Crippen LogP contribution in [0.15, 0.2) is 185 Å². The van der Waals surface area contributed by atoms with Gasteiger partial charge in [0.05, 0.1) is 11.4 Å². The fraction of sp³-hybridized carbons (Fsp3) is 0. The zero-order valence-corrected chi connectivity index (χ0v) is 27.9. The third kappa shape index (κ3) is 4.55. The number of furan rings is 2. The summed E-state index contributed by atoms with van der Waals surface area (Å²) in [7, 11) is 0. The van der Waals surface area contributed by atoms with Gasteiger partial charge in [-0.05, 0) is 106 Å². The van der Waals surface area contributed by atoms with Gasteiger partial charge in [-0.15, -0.1) is 0 Å². The molecule has 3 heterocycles. The van der Waals surface area contributed by atoms with Crippen LogP contribution in [0.5, 0.6) is 11.5 Å². The number of benzene rings is 8. The van der Waals surface area contributed by atoms with Gasteiger partial charge in [0.1, 0.15) is 22.3 Å². The van der Waals surface area contributed by atoms with Gasteiger partial charge in [-0.25, -0.2) is 0 Å². The Labute approximate surface area is 299 Å². The van der Waals surface area contributed by atoms with Crippen molar-refractivity contribution in [3.05, 3.63) is 176 Å². The fourth-order valence-electron chi connectivity index (χ4n) is 7.69. The van der Waals surface area contributed by atoms with Gasteiger partial charge in [0.2, 0.25) is 0 Å². The maximum Gasteiger partial charge on any atom is 0.152 e. The van der Waals surface area contributed by atoms with Gasteiger partial charge in [-0.2, -0.15) is 0 Å². The number of para-hydroxylation sites is 2. The molecule has 0 saturated heterocycles. The topological polar surface area (TPSA) is 38.8 Å². The van der Waals surface area contributed by atoms with Gasteiger partial charge in [-0.3, -0.25) is 0 Å². The summed E-state index contributed by atoms with van der Waals surface area (Å²) in [5, 5.41) is 4.47. The largest absolute Gasteiger partial charge is 0.456 e. The molecule has 0 spiro atoms. The average molecular weight is 668 g/mol. The average Bonchev–Trinajstić information content (AvgIpc) is 3.77. The predicted octanol–water partition coefficient (Wildman–Crippen LogP) is 14.1. The lowest BCUT2D eigenvalue weighted by molar-refractivity contribution is 0.477. The predicted molar refractivity (Wildman–Crippen MR) is 212 cm³/mol. The normalized spacial score (nSPS) is 12.3. The number of fused-ring (bicyclic) bond motifs is 8. The summed E-state index contributed by atoms with van der Waals surface area (Å²) in [6.07, 6.45) is 0. The molecule has 0 unspecified atom stereocenters. The molecule has 4 heteroatoms. The molecule has 52 heavy (non-hydrogen) atoms. The first-order valence-corrected chi connectivity index (χ1v) is 17.5. The molecule has 1 aliphatic heterocycles. The van der Waals surface area contributed by atoms with Crippen molar-refractivity contribution in [1.82, 2.24) is 0 Å². The molecule has 0 bridgehead atoms. The van der Waals surface area contributed by atoms with Crippen LogP contribution in [-0.2, 0) is 0 Å². The Bertz CT molecular complexity index is 2830. The minimum atomic E-state index is 0.784. The highest BCUT2D eigenvalue weighted by molar-refractivity contribution is 6.07. The summed E-state index contributed by atoms with van der Waals surface area (Å²) in [6.45, 7) is 0. The molecule has 0 atom stereocenters. The van der Waals surface area contributed by atoms with Gasteiger partial charge in [-0.1, -0.05) is 103 Å². The zero-order chi connectivity index (χ0) is 34.2. The van der Waals surface area contributed by atoms with Crippen LogP contribution in [0.25, 0.3) is 77.3 Å². The summed E-state index contributed by atoms with van der Waals surface area (Å²) >= 11 is 0. The van der Waals surface area contributed by atoms with E-state index in [1.54, 1.807) is 0 Å². The second kappa shape index (κ2) is 11.2. The fourth-order valence-corrected chi connectivity index (χ4v) is 7.69. The first kappa shape index (κ1) is 28.8. The van der Waals surface area contributed by atoms with E-state index >= 15 is 0 Å². The monoisotopic (exact) mass is 667 g/mol. The van der Waals surface area contributed by atoms with Crippen molar-refractivity contribution < 1.29 is 13.6 Å². The van der Waals surface area contributed by atoms with Crippen LogP contribution in [0.1, 0.15) is 0 Å². The second-order valence-corrected chi connectivity index (χ2v) is 13.3. The van der Waals surface area contributed by atoms with Crippen molar-refractivity contribution in [2.45, 2.75) is 0 Å². The lowest BCUT2D eigenvalue weighted by Crippen LogP contribution is -2.16. The highest BCUT2D eigenvalue weighted by atomic mass is 16.5. The molecular weight excluding hydrogens is 639 g/mol. The Morgan fingerprint density at radius 1 is 0.308 bits per heavy atom. The summed E-state index contributed by atoms with van der Waals surface area (Å²) in [5.41, 5.74) is 13.1.